The molecule has 1 unspecified atom stereocenters. The molecule has 2 fully saturated rings. The SMILES string of the molecule is CCN(CC)C[C@@H]1OCC(NC(=O)N2CCOCC2)[C@H]1O. The maximum absolute atomic E-state index is 12.1. The number of carbonyl (C=O) groups is 1. The van der Waals surface area contributed by atoms with Gasteiger partial charge in [-0.1, -0.05) is 13.8 Å². The number of ether oxygens (including phenoxy) is 2. The van der Waals surface area contributed by atoms with Crippen LogP contribution in [0.15, 0.2) is 0 Å². The van der Waals surface area contributed by atoms with Crippen molar-refractivity contribution in [3.05, 3.63) is 0 Å². The Hall–Kier alpha value is -0.890. The van der Waals surface area contributed by atoms with E-state index in [-0.39, 0.29) is 18.2 Å². The van der Waals surface area contributed by atoms with E-state index in [0.29, 0.717) is 39.5 Å². The van der Waals surface area contributed by atoms with Crippen molar-refractivity contribution in [3.63, 3.8) is 0 Å². The smallest absolute Gasteiger partial charge is 0.317 e. The van der Waals surface area contributed by atoms with Crippen molar-refractivity contribution < 1.29 is 19.4 Å². The fourth-order valence-electron chi connectivity index (χ4n) is 2.72. The van der Waals surface area contributed by atoms with Gasteiger partial charge in [-0.25, -0.2) is 4.79 Å². The summed E-state index contributed by atoms with van der Waals surface area (Å²) < 4.78 is 10.9. The van der Waals surface area contributed by atoms with Gasteiger partial charge >= 0.3 is 6.03 Å². The second-order valence-corrected chi connectivity index (χ2v) is 5.50. The number of nitrogens with one attached hydrogen (secondary N) is 1. The van der Waals surface area contributed by atoms with Crippen LogP contribution >= 0.6 is 0 Å². The average Bonchev–Trinajstić information content (AvgIpc) is 2.86. The number of hydrogen-bond acceptors (Lipinski definition) is 5. The van der Waals surface area contributed by atoms with Gasteiger partial charge in [-0.15, -0.1) is 0 Å². The van der Waals surface area contributed by atoms with Gasteiger partial charge in [0.1, 0.15) is 6.10 Å². The summed E-state index contributed by atoms with van der Waals surface area (Å²) >= 11 is 0. The fourth-order valence-corrected chi connectivity index (χ4v) is 2.72. The zero-order chi connectivity index (χ0) is 15.2. The van der Waals surface area contributed by atoms with Crippen molar-refractivity contribution in [2.24, 2.45) is 0 Å². The van der Waals surface area contributed by atoms with E-state index >= 15 is 0 Å². The number of hydrogen-bond donors (Lipinski definition) is 2. The lowest BCUT2D eigenvalue weighted by Gasteiger charge is -2.29. The van der Waals surface area contributed by atoms with Crippen molar-refractivity contribution in [3.8, 4) is 0 Å². The number of rotatable bonds is 5. The molecular weight excluding hydrogens is 274 g/mol. The van der Waals surface area contributed by atoms with E-state index in [9.17, 15) is 9.90 Å². The monoisotopic (exact) mass is 301 g/mol. The van der Waals surface area contributed by atoms with E-state index in [0.717, 1.165) is 13.1 Å². The molecule has 21 heavy (non-hydrogen) atoms. The highest BCUT2D eigenvalue weighted by Crippen LogP contribution is 2.16. The number of likely N-dealkylation sites (N-methyl/N-ethyl adjacent to an activating group) is 1. The first kappa shape index (κ1) is 16.5. The van der Waals surface area contributed by atoms with Gasteiger partial charge in [0.25, 0.3) is 0 Å². The molecule has 2 heterocycles. The molecule has 122 valence electrons. The van der Waals surface area contributed by atoms with E-state index in [2.05, 4.69) is 24.1 Å². The number of aliphatic hydroxyl groups is 1. The highest BCUT2D eigenvalue weighted by atomic mass is 16.5. The number of nitrogens with zero attached hydrogens (tertiary/aromatic N) is 2. The number of urea groups is 1. The molecule has 2 aliphatic rings. The first-order valence-electron chi connectivity index (χ1n) is 7.80. The van der Waals surface area contributed by atoms with E-state index < -0.39 is 6.10 Å². The Bertz CT molecular complexity index is 332. The molecule has 0 radical (unpaired) electrons. The van der Waals surface area contributed by atoms with Crippen molar-refractivity contribution in [1.29, 1.82) is 0 Å². The van der Waals surface area contributed by atoms with Crippen LogP contribution < -0.4 is 5.32 Å². The Morgan fingerprint density at radius 2 is 2.00 bits per heavy atom. The van der Waals surface area contributed by atoms with Gasteiger partial charge in [-0.05, 0) is 13.1 Å². The van der Waals surface area contributed by atoms with Gasteiger partial charge in [0, 0.05) is 19.6 Å². The molecule has 2 rings (SSSR count). The molecule has 7 heteroatoms. The summed E-state index contributed by atoms with van der Waals surface area (Å²) in [5.41, 5.74) is 0. The molecule has 2 N–H and O–H groups in total. The molecule has 7 nitrogen and oxygen atoms in total. The van der Waals surface area contributed by atoms with Crippen LogP contribution in [0.5, 0.6) is 0 Å². The Morgan fingerprint density at radius 3 is 2.62 bits per heavy atom. The molecule has 0 aromatic heterocycles. The molecular formula is C14H27N3O4. The summed E-state index contributed by atoms with van der Waals surface area (Å²) in [5.74, 6) is 0. The summed E-state index contributed by atoms with van der Waals surface area (Å²) in [7, 11) is 0. The molecule has 0 aromatic carbocycles. The lowest BCUT2D eigenvalue weighted by molar-refractivity contribution is 0.0169. The zero-order valence-electron chi connectivity index (χ0n) is 13.0. The van der Waals surface area contributed by atoms with Crippen molar-refractivity contribution in [2.75, 3.05) is 52.5 Å². The van der Waals surface area contributed by atoms with E-state index in [1.807, 2.05) is 0 Å². The van der Waals surface area contributed by atoms with Crippen molar-refractivity contribution in [1.82, 2.24) is 15.1 Å². The van der Waals surface area contributed by atoms with Gasteiger partial charge < -0.3 is 29.7 Å². The standard InChI is InChI=1S/C14H27N3O4/c1-3-16(4-2)9-12-13(18)11(10-21-12)15-14(19)17-5-7-20-8-6-17/h11-13,18H,3-10H2,1-2H3,(H,15,19)/t11?,12-,13+/m0/s1. The minimum Gasteiger partial charge on any atom is -0.388 e. The Labute approximate surface area is 126 Å². The molecule has 0 aromatic rings. The van der Waals surface area contributed by atoms with Gasteiger partial charge in [0.05, 0.1) is 32.0 Å². The van der Waals surface area contributed by atoms with E-state index in [1.165, 1.54) is 0 Å². The fraction of sp³-hybridized carbons (Fsp3) is 0.929. The van der Waals surface area contributed by atoms with Gasteiger partial charge in [-0.3, -0.25) is 0 Å². The second-order valence-electron chi connectivity index (χ2n) is 5.50. The third-order valence-corrected chi connectivity index (χ3v) is 4.22. The Morgan fingerprint density at radius 1 is 1.33 bits per heavy atom. The van der Waals surface area contributed by atoms with Gasteiger partial charge in [0.15, 0.2) is 0 Å². The summed E-state index contributed by atoms with van der Waals surface area (Å²) in [6.45, 7) is 9.41. The number of amides is 2. The van der Waals surface area contributed by atoms with Crippen LogP contribution in [-0.4, -0.2) is 91.7 Å². The second kappa shape index (κ2) is 7.93. The van der Waals surface area contributed by atoms with Crippen LogP contribution in [-0.2, 0) is 9.47 Å². The topological polar surface area (TPSA) is 74.3 Å². The van der Waals surface area contributed by atoms with Gasteiger partial charge in [0.2, 0.25) is 0 Å². The maximum Gasteiger partial charge on any atom is 0.317 e. The highest BCUT2D eigenvalue weighted by molar-refractivity contribution is 5.74. The van der Waals surface area contributed by atoms with Crippen molar-refractivity contribution >= 4 is 6.03 Å². The zero-order valence-corrected chi connectivity index (χ0v) is 13.0. The van der Waals surface area contributed by atoms with E-state index in [4.69, 9.17) is 9.47 Å². The summed E-state index contributed by atoms with van der Waals surface area (Å²) in [6, 6.07) is -0.477. The first-order chi connectivity index (χ1) is 10.2. The third kappa shape index (κ3) is 4.29. The van der Waals surface area contributed by atoms with Crippen LogP contribution in [0.1, 0.15) is 13.8 Å². The Balaban J connectivity index is 1.80. The molecule has 0 spiro atoms. The average molecular weight is 301 g/mol. The molecule has 2 amide bonds. The number of carbonyl (C=O) groups excluding carboxylic acids is 1. The van der Waals surface area contributed by atoms with Crippen LogP contribution in [0, 0.1) is 0 Å². The van der Waals surface area contributed by atoms with Crippen LogP contribution in [0.2, 0.25) is 0 Å². The number of morpholine rings is 1. The quantitative estimate of drug-likeness (QED) is 0.716. The predicted molar refractivity (Wildman–Crippen MR) is 78.2 cm³/mol. The molecule has 3 atom stereocenters. The van der Waals surface area contributed by atoms with Crippen LogP contribution in [0.3, 0.4) is 0 Å². The molecule has 0 saturated carbocycles. The highest BCUT2D eigenvalue weighted by Gasteiger charge is 2.38. The van der Waals surface area contributed by atoms with E-state index in [1.54, 1.807) is 4.90 Å². The normalized spacial score (nSPS) is 29.9. The van der Waals surface area contributed by atoms with Crippen molar-refractivity contribution in [2.45, 2.75) is 32.1 Å². The lowest BCUT2D eigenvalue weighted by Crippen LogP contribution is -2.53. The summed E-state index contributed by atoms with van der Waals surface area (Å²) in [5, 5.41) is 13.2. The summed E-state index contributed by atoms with van der Waals surface area (Å²) in [6.07, 6.45) is -0.893. The summed E-state index contributed by atoms with van der Waals surface area (Å²) in [4.78, 5) is 16.0. The lowest BCUT2D eigenvalue weighted by atomic mass is 10.1. The Kier molecular flexibility index (Phi) is 6.22. The minimum atomic E-state index is -0.657. The molecule has 2 saturated heterocycles. The molecule has 2 aliphatic heterocycles. The molecule has 0 bridgehead atoms. The van der Waals surface area contributed by atoms with Crippen LogP contribution in [0.4, 0.5) is 4.79 Å². The predicted octanol–water partition coefficient (Wildman–Crippen LogP) is -0.502. The first-order valence-corrected chi connectivity index (χ1v) is 7.80. The van der Waals surface area contributed by atoms with Gasteiger partial charge in [-0.2, -0.15) is 0 Å². The van der Waals surface area contributed by atoms with Crippen LogP contribution in [0.25, 0.3) is 0 Å². The maximum atomic E-state index is 12.1. The minimum absolute atomic E-state index is 0.144. The number of aliphatic hydroxyl groups excluding tert-OH is 1. The largest absolute Gasteiger partial charge is 0.388 e. The third-order valence-electron chi connectivity index (χ3n) is 4.22. The molecule has 0 aliphatic carbocycles.